The molecule has 0 aliphatic carbocycles. The lowest BCUT2D eigenvalue weighted by Gasteiger charge is -2.42. The third-order valence-corrected chi connectivity index (χ3v) is 3.93. The van der Waals surface area contributed by atoms with Crippen LogP contribution in [0.1, 0.15) is 39.7 Å². The predicted molar refractivity (Wildman–Crippen MR) is 84.6 cm³/mol. The van der Waals surface area contributed by atoms with Crippen LogP contribution in [-0.2, 0) is 11.2 Å². The zero-order chi connectivity index (χ0) is 15.5. The summed E-state index contributed by atoms with van der Waals surface area (Å²) in [6, 6.07) is 0. The molecule has 2 N–H and O–H groups in total. The largest absolute Gasteiger partial charge is 0.370 e. The number of anilines is 2. The van der Waals surface area contributed by atoms with Crippen LogP contribution in [-0.4, -0.2) is 41.0 Å². The number of amides is 1. The van der Waals surface area contributed by atoms with Gasteiger partial charge in [0.25, 0.3) is 0 Å². The van der Waals surface area contributed by atoms with Gasteiger partial charge < -0.3 is 15.5 Å². The molecule has 0 bridgehead atoms. The maximum Gasteiger partial charge on any atom is 0.245 e. The molecule has 0 radical (unpaired) electrons. The summed E-state index contributed by atoms with van der Waals surface area (Å²) in [5, 5.41) is 6.27. The second-order valence-corrected chi connectivity index (χ2v) is 5.77. The highest BCUT2D eigenvalue weighted by Crippen LogP contribution is 2.30. The lowest BCUT2D eigenvalue weighted by Crippen LogP contribution is -2.62. The number of carbonyl (C=O) groups is 1. The van der Waals surface area contributed by atoms with Crippen LogP contribution < -0.4 is 15.5 Å². The first-order valence-electron chi connectivity index (χ1n) is 7.66. The van der Waals surface area contributed by atoms with E-state index in [-0.39, 0.29) is 5.91 Å². The predicted octanol–water partition coefficient (Wildman–Crippen LogP) is 1.58. The molecule has 0 unspecified atom stereocenters. The summed E-state index contributed by atoms with van der Waals surface area (Å²) in [5.74, 6) is 1.79. The van der Waals surface area contributed by atoms with Crippen LogP contribution in [0.25, 0.3) is 0 Å². The highest BCUT2D eigenvalue weighted by atomic mass is 16.2. The summed E-state index contributed by atoms with van der Waals surface area (Å²) in [7, 11) is 0. The standard InChI is InChI=1S/C15H25N5O/c1-5-7-16-12-11(6-2)13(19-10-18-12)20-9-8-17-14(21)15(20,3)4/h10H,5-9H2,1-4H3,(H,17,21)(H,16,18,19). The summed E-state index contributed by atoms with van der Waals surface area (Å²) < 4.78 is 0. The number of piperazine rings is 1. The Morgan fingerprint density at radius 1 is 1.38 bits per heavy atom. The Hall–Kier alpha value is -1.85. The number of hydrogen-bond donors (Lipinski definition) is 2. The average Bonchev–Trinajstić information content (AvgIpc) is 2.47. The maximum absolute atomic E-state index is 12.1. The van der Waals surface area contributed by atoms with Gasteiger partial charge in [0, 0.05) is 25.2 Å². The SMILES string of the molecule is CCCNc1ncnc(N2CCNC(=O)C2(C)C)c1CC. The summed E-state index contributed by atoms with van der Waals surface area (Å²) in [6.07, 6.45) is 3.45. The van der Waals surface area contributed by atoms with Crippen LogP contribution in [0.4, 0.5) is 11.6 Å². The monoisotopic (exact) mass is 291 g/mol. The van der Waals surface area contributed by atoms with E-state index in [1.54, 1.807) is 6.33 Å². The number of hydrogen-bond acceptors (Lipinski definition) is 5. The van der Waals surface area contributed by atoms with Crippen molar-refractivity contribution in [2.24, 2.45) is 0 Å². The lowest BCUT2D eigenvalue weighted by atomic mass is 9.98. The Morgan fingerprint density at radius 2 is 2.14 bits per heavy atom. The van der Waals surface area contributed by atoms with Crippen LogP contribution in [0.3, 0.4) is 0 Å². The first-order valence-corrected chi connectivity index (χ1v) is 7.66. The van der Waals surface area contributed by atoms with Crippen molar-refractivity contribution in [2.45, 2.75) is 46.1 Å². The van der Waals surface area contributed by atoms with Crippen molar-refractivity contribution in [2.75, 3.05) is 29.9 Å². The molecule has 1 saturated heterocycles. The Labute approximate surface area is 126 Å². The van der Waals surface area contributed by atoms with E-state index in [2.05, 4.69) is 39.3 Å². The molecule has 0 saturated carbocycles. The van der Waals surface area contributed by atoms with E-state index in [0.717, 1.165) is 43.1 Å². The Morgan fingerprint density at radius 3 is 2.81 bits per heavy atom. The number of nitrogens with one attached hydrogen (secondary N) is 2. The van der Waals surface area contributed by atoms with Gasteiger partial charge in [-0.05, 0) is 26.7 Å². The highest BCUT2D eigenvalue weighted by Gasteiger charge is 2.39. The molecule has 1 fully saturated rings. The quantitative estimate of drug-likeness (QED) is 0.862. The maximum atomic E-state index is 12.1. The molecule has 1 aliphatic heterocycles. The van der Waals surface area contributed by atoms with E-state index < -0.39 is 5.54 Å². The van der Waals surface area contributed by atoms with Gasteiger partial charge in [0.15, 0.2) is 0 Å². The van der Waals surface area contributed by atoms with Gasteiger partial charge in [0.05, 0.1) is 0 Å². The third kappa shape index (κ3) is 2.94. The molecule has 2 heterocycles. The first-order chi connectivity index (χ1) is 10.0. The first kappa shape index (κ1) is 15.5. The third-order valence-electron chi connectivity index (χ3n) is 3.93. The molecule has 1 aromatic heterocycles. The van der Waals surface area contributed by atoms with E-state index in [4.69, 9.17) is 0 Å². The van der Waals surface area contributed by atoms with Crippen LogP contribution in [0.5, 0.6) is 0 Å². The molecule has 1 amide bonds. The van der Waals surface area contributed by atoms with E-state index in [0.29, 0.717) is 6.54 Å². The van der Waals surface area contributed by atoms with Gasteiger partial charge >= 0.3 is 0 Å². The molecular weight excluding hydrogens is 266 g/mol. The van der Waals surface area contributed by atoms with Gasteiger partial charge in [-0.3, -0.25) is 4.79 Å². The number of nitrogens with zero attached hydrogens (tertiary/aromatic N) is 3. The van der Waals surface area contributed by atoms with Crippen molar-refractivity contribution in [3.05, 3.63) is 11.9 Å². The van der Waals surface area contributed by atoms with Gasteiger partial charge in [-0.2, -0.15) is 0 Å². The fourth-order valence-electron chi connectivity index (χ4n) is 2.63. The lowest BCUT2D eigenvalue weighted by molar-refractivity contribution is -0.126. The van der Waals surface area contributed by atoms with Crippen LogP contribution >= 0.6 is 0 Å². The number of aromatic nitrogens is 2. The molecule has 116 valence electrons. The number of carbonyl (C=O) groups excluding carboxylic acids is 1. The smallest absolute Gasteiger partial charge is 0.245 e. The minimum atomic E-state index is -0.599. The van der Waals surface area contributed by atoms with Crippen molar-refractivity contribution in [1.29, 1.82) is 0 Å². The molecule has 6 nitrogen and oxygen atoms in total. The molecule has 0 atom stereocenters. The fraction of sp³-hybridized carbons (Fsp3) is 0.667. The normalized spacial score (nSPS) is 17.5. The zero-order valence-electron chi connectivity index (χ0n) is 13.4. The van der Waals surface area contributed by atoms with Crippen LogP contribution in [0.2, 0.25) is 0 Å². The molecule has 1 aliphatic rings. The summed E-state index contributed by atoms with van der Waals surface area (Å²) in [5.41, 5.74) is 0.479. The average molecular weight is 291 g/mol. The fourth-order valence-corrected chi connectivity index (χ4v) is 2.63. The second-order valence-electron chi connectivity index (χ2n) is 5.77. The van der Waals surface area contributed by atoms with E-state index in [9.17, 15) is 4.79 Å². The highest BCUT2D eigenvalue weighted by molar-refractivity contribution is 5.90. The van der Waals surface area contributed by atoms with E-state index in [1.165, 1.54) is 0 Å². The second kappa shape index (κ2) is 6.28. The molecular formula is C15H25N5O. The molecule has 1 aromatic rings. The Kier molecular flexibility index (Phi) is 4.65. The van der Waals surface area contributed by atoms with E-state index >= 15 is 0 Å². The Balaban J connectivity index is 2.40. The van der Waals surface area contributed by atoms with Crippen molar-refractivity contribution in [3.8, 4) is 0 Å². The van der Waals surface area contributed by atoms with Crippen molar-refractivity contribution >= 4 is 17.5 Å². The van der Waals surface area contributed by atoms with Crippen molar-refractivity contribution in [1.82, 2.24) is 15.3 Å². The van der Waals surface area contributed by atoms with Gasteiger partial charge in [-0.25, -0.2) is 9.97 Å². The molecule has 0 spiro atoms. The Bertz CT molecular complexity index is 515. The minimum absolute atomic E-state index is 0.0393. The summed E-state index contributed by atoms with van der Waals surface area (Å²) >= 11 is 0. The molecule has 6 heteroatoms. The summed E-state index contributed by atoms with van der Waals surface area (Å²) in [4.78, 5) is 23.1. The zero-order valence-corrected chi connectivity index (χ0v) is 13.4. The molecule has 0 aromatic carbocycles. The van der Waals surface area contributed by atoms with Gasteiger partial charge in [0.1, 0.15) is 23.5 Å². The summed E-state index contributed by atoms with van der Waals surface area (Å²) in [6.45, 7) is 10.4. The van der Waals surface area contributed by atoms with Gasteiger partial charge in [-0.1, -0.05) is 13.8 Å². The van der Waals surface area contributed by atoms with Crippen LogP contribution in [0, 0.1) is 0 Å². The molecule has 21 heavy (non-hydrogen) atoms. The van der Waals surface area contributed by atoms with Gasteiger partial charge in [-0.15, -0.1) is 0 Å². The topological polar surface area (TPSA) is 70.2 Å². The molecule has 2 rings (SSSR count). The van der Waals surface area contributed by atoms with Crippen molar-refractivity contribution in [3.63, 3.8) is 0 Å². The van der Waals surface area contributed by atoms with Gasteiger partial charge in [0.2, 0.25) is 5.91 Å². The van der Waals surface area contributed by atoms with Crippen molar-refractivity contribution < 1.29 is 4.79 Å². The van der Waals surface area contributed by atoms with E-state index in [1.807, 2.05) is 13.8 Å². The number of rotatable bonds is 5. The minimum Gasteiger partial charge on any atom is -0.370 e. The van der Waals surface area contributed by atoms with Crippen LogP contribution in [0.15, 0.2) is 6.33 Å².